The Labute approximate surface area is 198 Å². The Morgan fingerprint density at radius 1 is 0.912 bits per heavy atom. The Hall–Kier alpha value is -4.32. The van der Waals surface area contributed by atoms with Crippen LogP contribution in [0, 0.1) is 0 Å². The van der Waals surface area contributed by atoms with Crippen molar-refractivity contribution in [3.8, 4) is 33.9 Å². The highest BCUT2D eigenvalue weighted by Gasteiger charge is 2.12. The van der Waals surface area contributed by atoms with Crippen molar-refractivity contribution in [3.63, 3.8) is 0 Å². The summed E-state index contributed by atoms with van der Waals surface area (Å²) in [5.41, 5.74) is 5.17. The number of benzene rings is 3. The smallest absolute Gasteiger partial charge is 0.303 e. The molecule has 6 nitrogen and oxygen atoms in total. The van der Waals surface area contributed by atoms with Gasteiger partial charge in [-0.15, -0.1) is 0 Å². The highest BCUT2D eigenvalue weighted by atomic mass is 16.5. The van der Waals surface area contributed by atoms with E-state index in [2.05, 4.69) is 5.32 Å². The number of aromatic nitrogens is 1. The third kappa shape index (κ3) is 5.53. The Kier molecular flexibility index (Phi) is 7.08. The van der Waals surface area contributed by atoms with E-state index in [1.54, 1.807) is 19.2 Å². The number of hydrogen-bond donors (Lipinski definition) is 3. The molecular weight excluding hydrogens is 428 g/mol. The van der Waals surface area contributed by atoms with Gasteiger partial charge >= 0.3 is 5.97 Å². The van der Waals surface area contributed by atoms with Gasteiger partial charge in [0, 0.05) is 24.1 Å². The number of phenolic OH excluding ortho intramolecular Hbond substituents is 1. The Morgan fingerprint density at radius 2 is 1.59 bits per heavy atom. The number of phenols is 1. The van der Waals surface area contributed by atoms with Crippen LogP contribution in [0.15, 0.2) is 84.9 Å². The molecule has 34 heavy (non-hydrogen) atoms. The van der Waals surface area contributed by atoms with Gasteiger partial charge in [-0.05, 0) is 53.4 Å². The van der Waals surface area contributed by atoms with Crippen molar-refractivity contribution in [1.82, 2.24) is 4.98 Å². The maximum Gasteiger partial charge on any atom is 0.303 e. The molecule has 1 aromatic heterocycles. The van der Waals surface area contributed by atoms with Gasteiger partial charge in [0.25, 0.3) is 0 Å². The maximum atomic E-state index is 10.8. The van der Waals surface area contributed by atoms with Crippen molar-refractivity contribution in [1.29, 1.82) is 0 Å². The number of aryl methyl sites for hydroxylation is 1. The minimum Gasteiger partial charge on any atom is -0.507 e. The minimum absolute atomic E-state index is 0.117. The summed E-state index contributed by atoms with van der Waals surface area (Å²) < 4.78 is 5.56. The van der Waals surface area contributed by atoms with Gasteiger partial charge in [0.05, 0.1) is 12.8 Å². The average Bonchev–Trinajstić information content (AvgIpc) is 2.87. The predicted molar refractivity (Wildman–Crippen MR) is 133 cm³/mol. The zero-order valence-corrected chi connectivity index (χ0v) is 18.9. The van der Waals surface area contributed by atoms with E-state index in [1.165, 1.54) is 0 Å². The number of hydrogen-bond acceptors (Lipinski definition) is 5. The Bertz CT molecular complexity index is 1290. The van der Waals surface area contributed by atoms with Crippen LogP contribution in [-0.2, 0) is 17.8 Å². The molecule has 4 rings (SSSR count). The highest BCUT2D eigenvalue weighted by Crippen LogP contribution is 2.35. The van der Waals surface area contributed by atoms with Gasteiger partial charge < -0.3 is 20.3 Å². The number of aromatic hydroxyl groups is 1. The van der Waals surface area contributed by atoms with E-state index >= 15 is 0 Å². The summed E-state index contributed by atoms with van der Waals surface area (Å²) in [6, 6.07) is 26.7. The number of aliphatic carboxylic acids is 1. The van der Waals surface area contributed by atoms with Crippen LogP contribution in [-0.4, -0.2) is 28.3 Å². The molecule has 0 aliphatic carbocycles. The molecule has 0 fully saturated rings. The van der Waals surface area contributed by atoms with Gasteiger partial charge in [-0.3, -0.25) is 4.79 Å². The minimum atomic E-state index is -0.799. The second kappa shape index (κ2) is 10.5. The molecule has 172 valence electrons. The first kappa shape index (κ1) is 22.9. The van der Waals surface area contributed by atoms with Crippen LogP contribution in [0.4, 0.5) is 5.82 Å². The number of para-hydroxylation sites is 2. The van der Waals surface area contributed by atoms with Crippen molar-refractivity contribution in [2.45, 2.75) is 19.4 Å². The molecule has 0 radical (unpaired) electrons. The second-order valence-electron chi connectivity index (χ2n) is 7.91. The van der Waals surface area contributed by atoms with Crippen molar-refractivity contribution >= 4 is 11.8 Å². The van der Waals surface area contributed by atoms with Crippen molar-refractivity contribution in [2.24, 2.45) is 0 Å². The topological polar surface area (TPSA) is 91.7 Å². The number of nitrogens with one attached hydrogen (secondary N) is 1. The molecule has 0 bridgehead atoms. The van der Waals surface area contributed by atoms with Gasteiger partial charge in [-0.1, -0.05) is 54.6 Å². The monoisotopic (exact) mass is 454 g/mol. The summed E-state index contributed by atoms with van der Waals surface area (Å²) in [4.78, 5) is 15.5. The van der Waals surface area contributed by atoms with Crippen LogP contribution in [0.2, 0.25) is 0 Å². The number of pyridine rings is 1. The molecule has 0 saturated carbocycles. The molecule has 3 N–H and O–H groups in total. The molecule has 0 saturated heterocycles. The number of rotatable bonds is 9. The summed E-state index contributed by atoms with van der Waals surface area (Å²) >= 11 is 0. The quantitative estimate of drug-likeness (QED) is 0.298. The lowest BCUT2D eigenvalue weighted by molar-refractivity contribution is -0.136. The van der Waals surface area contributed by atoms with Gasteiger partial charge in [0.1, 0.15) is 17.3 Å². The standard InChI is InChI=1S/C28H26N2O4/c1-34-26-9-5-3-6-22(26)21-16-24(23-7-2-4-8-25(23)31)30-27(17-21)29-18-20-12-10-19(11-13-20)14-15-28(32)33/h2-13,16-17,31H,14-15,18H2,1H3,(H,29,30)(H,32,33). The first-order valence-electron chi connectivity index (χ1n) is 11.0. The fourth-order valence-electron chi connectivity index (χ4n) is 3.76. The fraction of sp³-hybridized carbons (Fsp3) is 0.143. The first-order chi connectivity index (χ1) is 16.5. The number of ether oxygens (including phenoxy) is 1. The maximum absolute atomic E-state index is 10.8. The number of carbonyl (C=O) groups is 1. The third-order valence-corrected chi connectivity index (χ3v) is 5.55. The van der Waals surface area contributed by atoms with E-state index in [0.717, 1.165) is 28.0 Å². The number of anilines is 1. The lowest BCUT2D eigenvalue weighted by atomic mass is 10.0. The number of carboxylic acids is 1. The SMILES string of the molecule is COc1ccccc1-c1cc(NCc2ccc(CCC(=O)O)cc2)nc(-c2ccccc2O)c1. The molecule has 0 amide bonds. The number of methoxy groups -OCH3 is 1. The van der Waals surface area contributed by atoms with Crippen LogP contribution in [0.5, 0.6) is 11.5 Å². The van der Waals surface area contributed by atoms with E-state index < -0.39 is 5.97 Å². The van der Waals surface area contributed by atoms with Gasteiger partial charge in [0.15, 0.2) is 0 Å². The molecule has 3 aromatic carbocycles. The first-order valence-corrected chi connectivity index (χ1v) is 11.0. The summed E-state index contributed by atoms with van der Waals surface area (Å²) in [7, 11) is 1.64. The zero-order valence-electron chi connectivity index (χ0n) is 18.9. The van der Waals surface area contributed by atoms with Crippen LogP contribution in [0.3, 0.4) is 0 Å². The molecule has 0 unspecified atom stereocenters. The Morgan fingerprint density at radius 3 is 2.29 bits per heavy atom. The molecule has 0 aliphatic heterocycles. The van der Waals surface area contributed by atoms with Crippen LogP contribution in [0.1, 0.15) is 17.5 Å². The lowest BCUT2D eigenvalue weighted by Crippen LogP contribution is -2.03. The molecule has 1 heterocycles. The summed E-state index contributed by atoms with van der Waals surface area (Å²) in [6.07, 6.45) is 0.627. The normalized spacial score (nSPS) is 10.6. The largest absolute Gasteiger partial charge is 0.507 e. The Balaban J connectivity index is 1.63. The van der Waals surface area contributed by atoms with E-state index in [0.29, 0.717) is 30.0 Å². The summed E-state index contributed by atoms with van der Waals surface area (Å²) in [5.74, 6) is 0.776. The van der Waals surface area contributed by atoms with Crippen LogP contribution in [0.25, 0.3) is 22.4 Å². The average molecular weight is 455 g/mol. The molecule has 6 heteroatoms. The van der Waals surface area contributed by atoms with Crippen LogP contribution >= 0.6 is 0 Å². The third-order valence-electron chi connectivity index (χ3n) is 5.55. The molecular formula is C28H26N2O4. The predicted octanol–water partition coefficient (Wildman–Crippen LogP) is 5.76. The van der Waals surface area contributed by atoms with Gasteiger partial charge in [-0.25, -0.2) is 4.98 Å². The lowest BCUT2D eigenvalue weighted by Gasteiger charge is -2.14. The van der Waals surface area contributed by atoms with Gasteiger partial charge in [0.2, 0.25) is 0 Å². The zero-order chi connectivity index (χ0) is 23.9. The summed E-state index contributed by atoms with van der Waals surface area (Å²) in [6.45, 7) is 0.543. The van der Waals surface area contributed by atoms with Gasteiger partial charge in [-0.2, -0.15) is 0 Å². The molecule has 0 atom stereocenters. The molecule has 0 aliphatic rings. The fourth-order valence-corrected chi connectivity index (χ4v) is 3.76. The second-order valence-corrected chi connectivity index (χ2v) is 7.91. The van der Waals surface area contributed by atoms with E-state index in [-0.39, 0.29) is 12.2 Å². The summed E-state index contributed by atoms with van der Waals surface area (Å²) in [5, 5.41) is 22.6. The van der Waals surface area contributed by atoms with E-state index in [9.17, 15) is 9.90 Å². The van der Waals surface area contributed by atoms with Crippen LogP contribution < -0.4 is 10.1 Å². The van der Waals surface area contributed by atoms with Crippen molar-refractivity contribution < 1.29 is 19.7 Å². The number of nitrogens with zero attached hydrogens (tertiary/aromatic N) is 1. The van der Waals surface area contributed by atoms with Crippen molar-refractivity contribution in [3.05, 3.63) is 96.1 Å². The molecule has 0 spiro atoms. The molecule has 4 aromatic rings. The van der Waals surface area contributed by atoms with E-state index in [4.69, 9.17) is 14.8 Å². The van der Waals surface area contributed by atoms with Crippen molar-refractivity contribution in [2.75, 3.05) is 12.4 Å². The van der Waals surface area contributed by atoms with E-state index in [1.807, 2.05) is 72.8 Å². The highest BCUT2D eigenvalue weighted by molar-refractivity contribution is 5.79. The number of carboxylic acid groups (broad SMARTS) is 1.